The molecule has 7 nitrogen and oxygen atoms in total. The summed E-state index contributed by atoms with van der Waals surface area (Å²) in [7, 11) is 3.02. The first-order valence-electron chi connectivity index (χ1n) is 8.47. The summed E-state index contributed by atoms with van der Waals surface area (Å²) in [6.45, 7) is 0. The van der Waals surface area contributed by atoms with Crippen LogP contribution in [0.1, 0.15) is 0 Å². The van der Waals surface area contributed by atoms with Crippen LogP contribution in [0.4, 0.5) is 5.69 Å². The maximum Gasteiger partial charge on any atom is 0.311 e. The van der Waals surface area contributed by atoms with E-state index < -0.39 is 4.92 Å². The lowest BCUT2D eigenvalue weighted by molar-refractivity contribution is -0.385. The van der Waals surface area contributed by atoms with Crippen LogP contribution < -0.4 is 9.47 Å². The Morgan fingerprint density at radius 3 is 2.43 bits per heavy atom. The van der Waals surface area contributed by atoms with Gasteiger partial charge in [-0.3, -0.25) is 10.1 Å². The number of fused-ring (bicyclic) bond motifs is 1. The lowest BCUT2D eigenvalue weighted by Gasteiger charge is -2.07. The van der Waals surface area contributed by atoms with Gasteiger partial charge in [0.25, 0.3) is 0 Å². The number of para-hydroxylation sites is 1. The first-order chi connectivity index (χ1) is 13.6. The minimum absolute atomic E-state index is 0.142. The minimum atomic E-state index is -0.495. The highest BCUT2D eigenvalue weighted by molar-refractivity contribution is 5.84. The molecule has 3 aromatic carbocycles. The number of nitro groups is 1. The Labute approximate surface area is 160 Å². The van der Waals surface area contributed by atoms with Crippen molar-refractivity contribution in [3.63, 3.8) is 0 Å². The van der Waals surface area contributed by atoms with Gasteiger partial charge in [0.1, 0.15) is 11.3 Å². The molecule has 4 aromatic rings. The summed E-state index contributed by atoms with van der Waals surface area (Å²) in [5.74, 6) is 1.25. The molecule has 0 aliphatic carbocycles. The van der Waals surface area contributed by atoms with Gasteiger partial charge in [0.05, 0.1) is 19.1 Å². The summed E-state index contributed by atoms with van der Waals surface area (Å²) in [4.78, 5) is 15.3. The molecule has 0 saturated carbocycles. The van der Waals surface area contributed by atoms with Crippen molar-refractivity contribution in [2.45, 2.75) is 0 Å². The van der Waals surface area contributed by atoms with Crippen molar-refractivity contribution in [1.29, 1.82) is 0 Å². The zero-order chi connectivity index (χ0) is 19.7. The molecule has 0 aliphatic rings. The minimum Gasteiger partial charge on any atom is -0.496 e. The SMILES string of the molecule is COc1ccccc1-c1ccc2oc(-c3ccc(OC)c([N+](=O)[O-])c3)nc2c1. The van der Waals surface area contributed by atoms with E-state index in [0.29, 0.717) is 22.6 Å². The Balaban J connectivity index is 1.79. The monoisotopic (exact) mass is 376 g/mol. The zero-order valence-electron chi connectivity index (χ0n) is 15.2. The Morgan fingerprint density at radius 2 is 1.68 bits per heavy atom. The number of aromatic nitrogens is 1. The van der Waals surface area contributed by atoms with Gasteiger partial charge in [0, 0.05) is 17.2 Å². The van der Waals surface area contributed by atoms with E-state index in [2.05, 4.69) is 4.98 Å². The van der Waals surface area contributed by atoms with E-state index in [0.717, 1.165) is 16.9 Å². The molecule has 0 aliphatic heterocycles. The molecular formula is C21H16N2O5. The number of methoxy groups -OCH3 is 2. The number of rotatable bonds is 5. The van der Waals surface area contributed by atoms with Crippen molar-refractivity contribution in [3.05, 3.63) is 70.8 Å². The average molecular weight is 376 g/mol. The lowest BCUT2D eigenvalue weighted by Crippen LogP contribution is -1.94. The molecule has 0 unspecified atom stereocenters. The number of hydrogen-bond acceptors (Lipinski definition) is 6. The third-order valence-corrected chi connectivity index (χ3v) is 4.43. The first-order valence-corrected chi connectivity index (χ1v) is 8.47. The maximum atomic E-state index is 11.3. The fourth-order valence-corrected chi connectivity index (χ4v) is 3.07. The van der Waals surface area contributed by atoms with Gasteiger partial charge in [-0.05, 0) is 35.9 Å². The number of hydrogen-bond donors (Lipinski definition) is 0. The Hall–Kier alpha value is -3.87. The van der Waals surface area contributed by atoms with Crippen molar-refractivity contribution >= 4 is 16.8 Å². The topological polar surface area (TPSA) is 87.6 Å². The maximum absolute atomic E-state index is 11.3. The van der Waals surface area contributed by atoms with Crippen molar-refractivity contribution < 1.29 is 18.8 Å². The van der Waals surface area contributed by atoms with Crippen LogP contribution in [0, 0.1) is 10.1 Å². The first kappa shape index (κ1) is 17.5. The molecule has 0 atom stereocenters. The summed E-state index contributed by atoms with van der Waals surface area (Å²) < 4.78 is 16.3. The largest absolute Gasteiger partial charge is 0.496 e. The van der Waals surface area contributed by atoms with Crippen LogP contribution >= 0.6 is 0 Å². The van der Waals surface area contributed by atoms with Gasteiger partial charge in [-0.15, -0.1) is 0 Å². The van der Waals surface area contributed by atoms with Crippen LogP contribution in [-0.2, 0) is 0 Å². The van der Waals surface area contributed by atoms with Gasteiger partial charge < -0.3 is 13.9 Å². The van der Waals surface area contributed by atoms with Gasteiger partial charge in [-0.1, -0.05) is 24.3 Å². The molecule has 0 spiro atoms. The Morgan fingerprint density at radius 1 is 0.929 bits per heavy atom. The molecule has 1 aromatic heterocycles. The predicted molar refractivity (Wildman–Crippen MR) is 105 cm³/mol. The third-order valence-electron chi connectivity index (χ3n) is 4.43. The van der Waals surface area contributed by atoms with E-state index in [1.807, 2.05) is 42.5 Å². The Bertz CT molecular complexity index is 1180. The Kier molecular flexibility index (Phi) is 4.41. The molecular weight excluding hydrogens is 360 g/mol. The normalized spacial score (nSPS) is 10.8. The second-order valence-electron chi connectivity index (χ2n) is 6.05. The van der Waals surface area contributed by atoms with Crippen LogP contribution in [-0.4, -0.2) is 24.1 Å². The van der Waals surface area contributed by atoms with Crippen LogP contribution in [0.25, 0.3) is 33.7 Å². The van der Waals surface area contributed by atoms with E-state index in [1.54, 1.807) is 13.2 Å². The van der Waals surface area contributed by atoms with Crippen LogP contribution in [0.3, 0.4) is 0 Å². The van der Waals surface area contributed by atoms with Gasteiger partial charge in [-0.25, -0.2) is 4.98 Å². The van der Waals surface area contributed by atoms with E-state index in [4.69, 9.17) is 13.9 Å². The van der Waals surface area contributed by atoms with Crippen molar-refractivity contribution in [1.82, 2.24) is 4.98 Å². The molecule has 0 amide bonds. The van der Waals surface area contributed by atoms with Gasteiger partial charge in [0.15, 0.2) is 11.3 Å². The van der Waals surface area contributed by atoms with E-state index in [1.165, 1.54) is 19.2 Å². The number of nitro benzene ring substituents is 1. The van der Waals surface area contributed by atoms with Crippen LogP contribution in [0.15, 0.2) is 65.1 Å². The molecule has 0 bridgehead atoms. The zero-order valence-corrected chi connectivity index (χ0v) is 15.2. The standard InChI is InChI=1S/C21H16N2O5/c1-26-18-6-4-3-5-15(18)13-7-9-19-16(11-13)22-21(28-19)14-8-10-20(27-2)17(12-14)23(24)25/h3-12H,1-2H3. The molecule has 1 heterocycles. The fourth-order valence-electron chi connectivity index (χ4n) is 3.07. The number of benzene rings is 3. The highest BCUT2D eigenvalue weighted by Gasteiger charge is 2.18. The van der Waals surface area contributed by atoms with Gasteiger partial charge in [-0.2, -0.15) is 0 Å². The summed E-state index contributed by atoms with van der Waals surface area (Å²) in [6.07, 6.45) is 0. The highest BCUT2D eigenvalue weighted by atomic mass is 16.6. The predicted octanol–water partition coefficient (Wildman–Crippen LogP) is 5.09. The van der Waals surface area contributed by atoms with Crippen molar-refractivity contribution in [3.8, 4) is 34.1 Å². The molecule has 0 N–H and O–H groups in total. The van der Waals surface area contributed by atoms with Gasteiger partial charge in [0.2, 0.25) is 5.89 Å². The molecule has 0 saturated heterocycles. The smallest absolute Gasteiger partial charge is 0.311 e. The van der Waals surface area contributed by atoms with E-state index in [9.17, 15) is 10.1 Å². The average Bonchev–Trinajstić information content (AvgIpc) is 3.16. The third kappa shape index (κ3) is 3.03. The lowest BCUT2D eigenvalue weighted by atomic mass is 10.0. The second-order valence-corrected chi connectivity index (χ2v) is 6.05. The molecule has 4 rings (SSSR count). The van der Waals surface area contributed by atoms with Crippen LogP contribution in [0.2, 0.25) is 0 Å². The molecule has 7 heteroatoms. The van der Waals surface area contributed by atoms with Crippen molar-refractivity contribution in [2.75, 3.05) is 14.2 Å². The number of ether oxygens (including phenoxy) is 2. The summed E-state index contributed by atoms with van der Waals surface area (Å²) in [5, 5.41) is 11.3. The summed E-state index contributed by atoms with van der Waals surface area (Å²) in [5.41, 5.74) is 3.48. The quantitative estimate of drug-likeness (QED) is 0.356. The van der Waals surface area contributed by atoms with Crippen LogP contribution in [0.5, 0.6) is 11.5 Å². The molecule has 0 fully saturated rings. The summed E-state index contributed by atoms with van der Waals surface area (Å²) >= 11 is 0. The van der Waals surface area contributed by atoms with E-state index in [-0.39, 0.29) is 11.4 Å². The highest BCUT2D eigenvalue weighted by Crippen LogP contribution is 2.35. The van der Waals surface area contributed by atoms with Crippen molar-refractivity contribution in [2.24, 2.45) is 0 Å². The number of nitrogens with zero attached hydrogens (tertiary/aromatic N) is 2. The summed E-state index contributed by atoms with van der Waals surface area (Å²) in [6, 6.07) is 18.0. The van der Waals surface area contributed by atoms with Gasteiger partial charge >= 0.3 is 5.69 Å². The number of oxazole rings is 1. The molecule has 28 heavy (non-hydrogen) atoms. The fraction of sp³-hybridized carbons (Fsp3) is 0.0952. The molecule has 140 valence electrons. The second kappa shape index (κ2) is 7.03. The van der Waals surface area contributed by atoms with E-state index >= 15 is 0 Å². The molecule has 0 radical (unpaired) electrons.